The van der Waals surface area contributed by atoms with Gasteiger partial charge < -0.3 is 4.90 Å². The van der Waals surface area contributed by atoms with Crippen molar-refractivity contribution in [2.45, 2.75) is 59.3 Å². The van der Waals surface area contributed by atoms with Gasteiger partial charge in [0, 0.05) is 0 Å². The number of rotatable bonds is 7. The van der Waals surface area contributed by atoms with Crippen molar-refractivity contribution in [2.75, 3.05) is 20.6 Å². The van der Waals surface area contributed by atoms with E-state index in [1.807, 2.05) is 13.8 Å². The van der Waals surface area contributed by atoms with Crippen LogP contribution in [0, 0.1) is 0 Å². The molecule has 0 fully saturated rings. The van der Waals surface area contributed by atoms with Crippen molar-refractivity contribution in [3.05, 3.63) is 0 Å². The minimum Gasteiger partial charge on any atom is -0.309 e. The molecule has 0 amide bonds. The van der Waals surface area contributed by atoms with E-state index < -0.39 is 0 Å². The molecule has 0 atom stereocenters. The molecular weight excluding hydrogens is 158 g/mol. The van der Waals surface area contributed by atoms with Gasteiger partial charge in [0.15, 0.2) is 0 Å². The number of unbranched alkanes of at least 4 members (excludes halogenated alkanes) is 5. The molecule has 0 rings (SSSR count). The minimum atomic E-state index is 1.26. The summed E-state index contributed by atoms with van der Waals surface area (Å²) in [4.78, 5) is 2.26. The van der Waals surface area contributed by atoms with E-state index >= 15 is 0 Å². The molecule has 0 aliphatic heterocycles. The topological polar surface area (TPSA) is 3.24 Å². The van der Waals surface area contributed by atoms with E-state index in [4.69, 9.17) is 0 Å². The zero-order chi connectivity index (χ0) is 10.5. The Balaban J connectivity index is 0. The second-order valence-corrected chi connectivity index (χ2v) is 3.57. The molecule has 0 bridgehead atoms. The van der Waals surface area contributed by atoms with Gasteiger partial charge in [-0.3, -0.25) is 0 Å². The highest BCUT2D eigenvalue weighted by atomic mass is 15.0. The van der Waals surface area contributed by atoms with Crippen molar-refractivity contribution >= 4 is 0 Å². The van der Waals surface area contributed by atoms with Crippen molar-refractivity contribution < 1.29 is 0 Å². The lowest BCUT2D eigenvalue weighted by Gasteiger charge is -2.08. The van der Waals surface area contributed by atoms with E-state index in [9.17, 15) is 0 Å². The van der Waals surface area contributed by atoms with Gasteiger partial charge in [0.05, 0.1) is 0 Å². The maximum Gasteiger partial charge on any atom is -0.00248 e. The summed E-state index contributed by atoms with van der Waals surface area (Å²) in [6.45, 7) is 7.52. The third-order valence-corrected chi connectivity index (χ3v) is 1.96. The van der Waals surface area contributed by atoms with Crippen molar-refractivity contribution in [1.82, 2.24) is 4.90 Å². The number of hydrogen-bond acceptors (Lipinski definition) is 1. The molecule has 0 aromatic rings. The Hall–Kier alpha value is -0.0400. The maximum absolute atomic E-state index is 2.26. The molecule has 0 saturated carbocycles. The largest absolute Gasteiger partial charge is 0.309 e. The summed E-state index contributed by atoms with van der Waals surface area (Å²) in [5.41, 5.74) is 0. The van der Waals surface area contributed by atoms with Crippen LogP contribution in [0.1, 0.15) is 59.3 Å². The molecule has 0 heterocycles. The average Bonchev–Trinajstić information content (AvgIpc) is 2.14. The van der Waals surface area contributed by atoms with Crippen LogP contribution in [-0.2, 0) is 0 Å². The van der Waals surface area contributed by atoms with E-state index in [0.29, 0.717) is 0 Å². The van der Waals surface area contributed by atoms with Crippen LogP contribution in [0.2, 0.25) is 0 Å². The Morgan fingerprint density at radius 1 is 0.769 bits per heavy atom. The van der Waals surface area contributed by atoms with Gasteiger partial charge >= 0.3 is 0 Å². The first kappa shape index (κ1) is 15.4. The molecule has 0 N–H and O–H groups in total. The molecule has 0 aliphatic rings. The summed E-state index contributed by atoms with van der Waals surface area (Å²) in [5, 5.41) is 0. The summed E-state index contributed by atoms with van der Waals surface area (Å²) >= 11 is 0. The Morgan fingerprint density at radius 3 is 1.69 bits per heavy atom. The fourth-order valence-electron chi connectivity index (χ4n) is 1.21. The fraction of sp³-hybridized carbons (Fsp3) is 1.00. The Morgan fingerprint density at radius 2 is 1.23 bits per heavy atom. The van der Waals surface area contributed by atoms with E-state index in [1.165, 1.54) is 45.1 Å². The Bertz CT molecular complexity index is 69.5. The van der Waals surface area contributed by atoms with E-state index in [-0.39, 0.29) is 0 Å². The summed E-state index contributed by atoms with van der Waals surface area (Å²) in [5.74, 6) is 0. The van der Waals surface area contributed by atoms with Gasteiger partial charge in [0.25, 0.3) is 0 Å². The molecule has 1 nitrogen and oxygen atoms in total. The molecule has 0 unspecified atom stereocenters. The summed E-state index contributed by atoms with van der Waals surface area (Å²) < 4.78 is 0. The first-order chi connectivity index (χ1) is 6.27. The first-order valence-corrected chi connectivity index (χ1v) is 5.92. The quantitative estimate of drug-likeness (QED) is 0.546. The monoisotopic (exact) mass is 187 g/mol. The highest BCUT2D eigenvalue weighted by Crippen LogP contribution is 2.04. The van der Waals surface area contributed by atoms with Gasteiger partial charge in [-0.05, 0) is 27.1 Å². The summed E-state index contributed by atoms with van der Waals surface area (Å²) in [6.07, 6.45) is 8.43. The zero-order valence-corrected chi connectivity index (χ0v) is 10.4. The molecule has 1 heteroatoms. The second kappa shape index (κ2) is 14.5. The highest BCUT2D eigenvalue weighted by molar-refractivity contribution is 4.46. The molecule has 0 saturated heterocycles. The molecular formula is C12H29N. The van der Waals surface area contributed by atoms with Gasteiger partial charge in [-0.25, -0.2) is 0 Å². The van der Waals surface area contributed by atoms with E-state index in [1.54, 1.807) is 0 Å². The lowest BCUT2D eigenvalue weighted by molar-refractivity contribution is 0.389. The van der Waals surface area contributed by atoms with Gasteiger partial charge in [0.2, 0.25) is 0 Å². The van der Waals surface area contributed by atoms with Crippen LogP contribution in [0.25, 0.3) is 0 Å². The lowest BCUT2D eigenvalue weighted by atomic mass is 10.1. The van der Waals surface area contributed by atoms with Crippen LogP contribution in [0.5, 0.6) is 0 Å². The fourth-order valence-corrected chi connectivity index (χ4v) is 1.21. The van der Waals surface area contributed by atoms with E-state index in [0.717, 1.165) is 0 Å². The Kier molecular flexibility index (Phi) is 17.2. The lowest BCUT2D eigenvalue weighted by Crippen LogP contribution is -2.12. The maximum atomic E-state index is 2.26. The van der Waals surface area contributed by atoms with Crippen molar-refractivity contribution in [3.63, 3.8) is 0 Å². The van der Waals surface area contributed by atoms with Crippen molar-refractivity contribution in [2.24, 2.45) is 0 Å². The van der Waals surface area contributed by atoms with Crippen molar-refractivity contribution in [1.29, 1.82) is 0 Å². The Labute approximate surface area is 85.5 Å². The van der Waals surface area contributed by atoms with E-state index in [2.05, 4.69) is 25.9 Å². The van der Waals surface area contributed by atoms with Crippen LogP contribution in [0.3, 0.4) is 0 Å². The summed E-state index contributed by atoms with van der Waals surface area (Å²) in [7, 11) is 4.29. The smallest absolute Gasteiger partial charge is 0.00248 e. The third-order valence-electron chi connectivity index (χ3n) is 1.96. The van der Waals surface area contributed by atoms with Crippen LogP contribution < -0.4 is 0 Å². The predicted octanol–water partition coefficient (Wildman–Crippen LogP) is 3.93. The van der Waals surface area contributed by atoms with Crippen molar-refractivity contribution in [3.8, 4) is 0 Å². The summed E-state index contributed by atoms with van der Waals surface area (Å²) in [6, 6.07) is 0. The minimum absolute atomic E-state index is 1.26. The number of hydrogen-bond donors (Lipinski definition) is 0. The van der Waals surface area contributed by atoms with Gasteiger partial charge in [0.1, 0.15) is 0 Å². The van der Waals surface area contributed by atoms with Gasteiger partial charge in [-0.15, -0.1) is 0 Å². The molecule has 0 spiro atoms. The third kappa shape index (κ3) is 18.7. The molecule has 82 valence electrons. The van der Waals surface area contributed by atoms with Crippen LogP contribution in [0.4, 0.5) is 0 Å². The number of nitrogens with zero attached hydrogens (tertiary/aromatic N) is 1. The second-order valence-electron chi connectivity index (χ2n) is 3.57. The normalized spacial score (nSPS) is 9.69. The molecule has 13 heavy (non-hydrogen) atoms. The zero-order valence-electron chi connectivity index (χ0n) is 10.4. The molecule has 0 aliphatic carbocycles. The predicted molar refractivity (Wildman–Crippen MR) is 63.3 cm³/mol. The van der Waals surface area contributed by atoms with Gasteiger partial charge in [-0.2, -0.15) is 0 Å². The van der Waals surface area contributed by atoms with Gasteiger partial charge in [-0.1, -0.05) is 52.9 Å². The van der Waals surface area contributed by atoms with Crippen LogP contribution in [-0.4, -0.2) is 25.5 Å². The average molecular weight is 187 g/mol. The molecule has 0 aromatic carbocycles. The first-order valence-electron chi connectivity index (χ1n) is 5.92. The molecule has 0 aromatic heterocycles. The highest BCUT2D eigenvalue weighted by Gasteiger charge is 1.90. The standard InChI is InChI=1S/C10H23N.C2H6/c1-4-5-6-7-8-9-10-11(2)3;1-2/h4-10H2,1-3H3;1-2H3. The van der Waals surface area contributed by atoms with Crippen LogP contribution in [0.15, 0.2) is 0 Å². The van der Waals surface area contributed by atoms with Crippen LogP contribution >= 0.6 is 0 Å². The molecule has 0 radical (unpaired) electrons. The SMILES string of the molecule is CC.CCCCCCCCN(C)C.